The number of oxime groups is 1. The van der Waals surface area contributed by atoms with Gasteiger partial charge in [0.15, 0.2) is 6.61 Å². The molecule has 0 saturated carbocycles. The number of carboxylic acids is 1. The quantitative estimate of drug-likeness (QED) is 0.273. The molecule has 0 spiro atoms. The van der Waals surface area contributed by atoms with Crippen molar-refractivity contribution in [3.63, 3.8) is 0 Å². The number of carbonyl (C=O) groups is 1. The first-order valence-corrected chi connectivity index (χ1v) is 10.0. The molecular formula is C25H24FNO4. The van der Waals surface area contributed by atoms with Crippen LogP contribution in [-0.4, -0.2) is 30.0 Å². The van der Waals surface area contributed by atoms with Crippen molar-refractivity contribution < 1.29 is 23.9 Å². The number of hydrogen-bond donors (Lipinski definition) is 1. The number of rotatable bonds is 10. The Morgan fingerprint density at radius 1 is 1.00 bits per heavy atom. The Bertz CT molecular complexity index is 1050. The molecule has 160 valence electrons. The number of nitrogens with zero attached hydrogens (tertiary/aromatic N) is 1. The van der Waals surface area contributed by atoms with Crippen LogP contribution in [0.3, 0.4) is 0 Å². The fourth-order valence-electron chi connectivity index (χ4n) is 3.10. The summed E-state index contributed by atoms with van der Waals surface area (Å²) in [5, 5.41) is 13.1. The first kappa shape index (κ1) is 22.0. The molecule has 0 unspecified atom stereocenters. The third kappa shape index (κ3) is 6.40. The average molecular weight is 421 g/mol. The SMILES string of the molecule is CC/C(=N\OCCOc1cccc(CC(=O)O)c1)c1ccc(-c2ccccc2F)cc1. The van der Waals surface area contributed by atoms with E-state index in [1.165, 1.54) is 6.07 Å². The van der Waals surface area contributed by atoms with E-state index in [9.17, 15) is 9.18 Å². The summed E-state index contributed by atoms with van der Waals surface area (Å²) in [6.07, 6.45) is 0.630. The molecule has 6 heteroatoms. The van der Waals surface area contributed by atoms with Gasteiger partial charge in [0, 0.05) is 5.56 Å². The molecule has 0 amide bonds. The van der Waals surface area contributed by atoms with E-state index >= 15 is 0 Å². The third-order valence-corrected chi connectivity index (χ3v) is 4.61. The number of benzene rings is 3. The van der Waals surface area contributed by atoms with E-state index in [0.29, 0.717) is 23.3 Å². The van der Waals surface area contributed by atoms with Gasteiger partial charge in [-0.15, -0.1) is 0 Å². The zero-order valence-corrected chi connectivity index (χ0v) is 17.3. The summed E-state index contributed by atoms with van der Waals surface area (Å²) in [7, 11) is 0. The van der Waals surface area contributed by atoms with E-state index in [4.69, 9.17) is 14.7 Å². The molecule has 0 atom stereocenters. The summed E-state index contributed by atoms with van der Waals surface area (Å²) in [5.41, 5.74) is 3.73. The highest BCUT2D eigenvalue weighted by Gasteiger charge is 2.07. The Morgan fingerprint density at radius 2 is 1.77 bits per heavy atom. The lowest BCUT2D eigenvalue weighted by Gasteiger charge is -2.09. The Balaban J connectivity index is 1.54. The highest BCUT2D eigenvalue weighted by Crippen LogP contribution is 2.23. The summed E-state index contributed by atoms with van der Waals surface area (Å²) in [6.45, 7) is 2.51. The molecule has 31 heavy (non-hydrogen) atoms. The third-order valence-electron chi connectivity index (χ3n) is 4.61. The molecule has 0 heterocycles. The molecule has 0 radical (unpaired) electrons. The van der Waals surface area contributed by atoms with Crippen molar-refractivity contribution in [1.82, 2.24) is 0 Å². The van der Waals surface area contributed by atoms with Crippen LogP contribution in [0.25, 0.3) is 11.1 Å². The maximum Gasteiger partial charge on any atom is 0.307 e. The van der Waals surface area contributed by atoms with Crippen LogP contribution in [0.2, 0.25) is 0 Å². The summed E-state index contributed by atoms with van der Waals surface area (Å²) in [4.78, 5) is 16.2. The highest BCUT2D eigenvalue weighted by atomic mass is 19.1. The zero-order valence-electron chi connectivity index (χ0n) is 17.3. The van der Waals surface area contributed by atoms with Crippen LogP contribution in [0.5, 0.6) is 5.75 Å². The summed E-state index contributed by atoms with van der Waals surface area (Å²) in [5.74, 6) is -0.550. The number of halogens is 1. The molecule has 3 aromatic carbocycles. The Hall–Kier alpha value is -3.67. The van der Waals surface area contributed by atoms with Gasteiger partial charge in [0.2, 0.25) is 0 Å². The molecule has 0 aliphatic carbocycles. The Kier molecular flexibility index (Phi) is 7.76. The molecule has 5 nitrogen and oxygen atoms in total. The fraction of sp³-hybridized carbons (Fsp3) is 0.200. The van der Waals surface area contributed by atoms with E-state index in [-0.39, 0.29) is 25.5 Å². The predicted octanol–water partition coefficient (Wildman–Crippen LogP) is 5.33. The number of carboxylic acid groups (broad SMARTS) is 1. The molecule has 0 saturated heterocycles. The van der Waals surface area contributed by atoms with Crippen LogP contribution < -0.4 is 4.74 Å². The summed E-state index contributed by atoms with van der Waals surface area (Å²) >= 11 is 0. The van der Waals surface area contributed by atoms with Gasteiger partial charge in [0.25, 0.3) is 0 Å². The zero-order chi connectivity index (χ0) is 22.1. The van der Waals surface area contributed by atoms with Crippen molar-refractivity contribution in [3.8, 4) is 16.9 Å². The summed E-state index contributed by atoms with van der Waals surface area (Å²) in [6, 6.07) is 21.2. The van der Waals surface area contributed by atoms with E-state index < -0.39 is 5.97 Å². The van der Waals surface area contributed by atoms with E-state index in [1.54, 1.807) is 36.4 Å². The minimum Gasteiger partial charge on any atom is -0.490 e. The first-order chi connectivity index (χ1) is 15.1. The van der Waals surface area contributed by atoms with Gasteiger partial charge < -0.3 is 14.7 Å². The van der Waals surface area contributed by atoms with Gasteiger partial charge in [-0.05, 0) is 41.3 Å². The van der Waals surface area contributed by atoms with Crippen molar-refractivity contribution >= 4 is 11.7 Å². The largest absolute Gasteiger partial charge is 0.490 e. The van der Waals surface area contributed by atoms with Crippen LogP contribution in [-0.2, 0) is 16.1 Å². The average Bonchev–Trinajstić information content (AvgIpc) is 2.77. The van der Waals surface area contributed by atoms with Crippen LogP contribution in [0.1, 0.15) is 24.5 Å². The predicted molar refractivity (Wildman–Crippen MR) is 118 cm³/mol. The van der Waals surface area contributed by atoms with Crippen LogP contribution in [0.15, 0.2) is 78.0 Å². The molecule has 0 aliphatic rings. The minimum absolute atomic E-state index is 0.0481. The van der Waals surface area contributed by atoms with E-state index in [0.717, 1.165) is 16.8 Å². The van der Waals surface area contributed by atoms with Gasteiger partial charge in [-0.3, -0.25) is 4.79 Å². The number of ether oxygens (including phenoxy) is 1. The molecule has 1 N–H and O–H groups in total. The topological polar surface area (TPSA) is 68.1 Å². The molecule has 0 fully saturated rings. The normalized spacial score (nSPS) is 11.2. The maximum absolute atomic E-state index is 14.0. The number of hydrogen-bond acceptors (Lipinski definition) is 4. The molecule has 3 aromatic rings. The smallest absolute Gasteiger partial charge is 0.307 e. The van der Waals surface area contributed by atoms with Gasteiger partial charge in [-0.2, -0.15) is 0 Å². The Labute approximate surface area is 180 Å². The van der Waals surface area contributed by atoms with Crippen molar-refractivity contribution in [2.45, 2.75) is 19.8 Å². The standard InChI is InChI=1S/C25H24FNO4/c1-2-24(20-12-10-19(11-13-20)22-8-3-4-9-23(22)26)27-31-15-14-30-21-7-5-6-18(16-21)17-25(28)29/h3-13,16H,2,14-15,17H2,1H3,(H,28,29)/b27-24+. The second-order valence-corrected chi connectivity index (χ2v) is 6.85. The second-order valence-electron chi connectivity index (χ2n) is 6.85. The highest BCUT2D eigenvalue weighted by molar-refractivity contribution is 6.00. The van der Waals surface area contributed by atoms with Gasteiger partial charge in [-0.25, -0.2) is 4.39 Å². The maximum atomic E-state index is 14.0. The summed E-state index contributed by atoms with van der Waals surface area (Å²) < 4.78 is 19.6. The number of aliphatic carboxylic acids is 1. The minimum atomic E-state index is -0.885. The first-order valence-electron chi connectivity index (χ1n) is 10.0. The van der Waals surface area contributed by atoms with Crippen LogP contribution in [0, 0.1) is 5.82 Å². The van der Waals surface area contributed by atoms with Crippen molar-refractivity contribution in [2.75, 3.05) is 13.2 Å². The lowest BCUT2D eigenvalue weighted by Crippen LogP contribution is -2.07. The molecule has 3 rings (SSSR count). The molecule has 0 bridgehead atoms. The Morgan fingerprint density at radius 3 is 2.48 bits per heavy atom. The lowest BCUT2D eigenvalue weighted by atomic mass is 10.0. The lowest BCUT2D eigenvalue weighted by molar-refractivity contribution is -0.136. The molecule has 0 aromatic heterocycles. The van der Waals surface area contributed by atoms with Crippen molar-refractivity contribution in [2.24, 2.45) is 5.16 Å². The van der Waals surface area contributed by atoms with Crippen LogP contribution >= 0.6 is 0 Å². The van der Waals surface area contributed by atoms with Gasteiger partial charge >= 0.3 is 5.97 Å². The van der Waals surface area contributed by atoms with Crippen LogP contribution in [0.4, 0.5) is 4.39 Å². The van der Waals surface area contributed by atoms with Gasteiger partial charge in [0.1, 0.15) is 18.2 Å². The van der Waals surface area contributed by atoms with E-state index in [2.05, 4.69) is 5.16 Å². The van der Waals surface area contributed by atoms with Gasteiger partial charge in [0.05, 0.1) is 12.1 Å². The van der Waals surface area contributed by atoms with Crippen molar-refractivity contribution in [3.05, 3.63) is 89.7 Å². The second kappa shape index (κ2) is 10.9. The van der Waals surface area contributed by atoms with E-state index in [1.807, 2.05) is 37.3 Å². The van der Waals surface area contributed by atoms with Gasteiger partial charge in [-0.1, -0.05) is 66.7 Å². The molecular weight excluding hydrogens is 397 g/mol. The molecule has 0 aliphatic heterocycles. The fourth-order valence-corrected chi connectivity index (χ4v) is 3.10. The monoisotopic (exact) mass is 421 g/mol. The van der Waals surface area contributed by atoms with Crippen molar-refractivity contribution in [1.29, 1.82) is 0 Å².